The van der Waals surface area contributed by atoms with Gasteiger partial charge in [-0.3, -0.25) is 0 Å². The molecule has 1 aliphatic rings. The molecule has 1 aliphatic carbocycles. The molecule has 0 unspecified atom stereocenters. The van der Waals surface area contributed by atoms with Gasteiger partial charge < -0.3 is 10.2 Å². The van der Waals surface area contributed by atoms with Crippen molar-refractivity contribution in [3.63, 3.8) is 0 Å². The lowest BCUT2D eigenvalue weighted by atomic mass is 10.2. The Bertz CT molecular complexity index is 358. The standard InChI is InChI=1S/C16H25ClN2/c1-19(13-14-7-9-15(17)10-8-14)12-4-11-18-16-5-2-3-6-16/h7-10,16,18H,2-6,11-13H2,1H3. The molecule has 2 rings (SSSR count). The van der Waals surface area contributed by atoms with Crippen molar-refractivity contribution in [1.82, 2.24) is 10.2 Å². The summed E-state index contributed by atoms with van der Waals surface area (Å²) in [5.41, 5.74) is 1.33. The summed E-state index contributed by atoms with van der Waals surface area (Å²) in [6, 6.07) is 8.94. The summed E-state index contributed by atoms with van der Waals surface area (Å²) < 4.78 is 0. The van der Waals surface area contributed by atoms with E-state index in [2.05, 4.69) is 29.4 Å². The molecule has 2 nitrogen and oxygen atoms in total. The zero-order chi connectivity index (χ0) is 13.5. The molecule has 1 saturated carbocycles. The first-order valence-corrected chi connectivity index (χ1v) is 7.78. The molecule has 0 aliphatic heterocycles. The Kier molecular flexibility index (Phi) is 6.15. The van der Waals surface area contributed by atoms with Gasteiger partial charge in [0, 0.05) is 17.6 Å². The van der Waals surface area contributed by atoms with E-state index in [1.165, 1.54) is 37.7 Å². The highest BCUT2D eigenvalue weighted by molar-refractivity contribution is 6.30. The van der Waals surface area contributed by atoms with E-state index in [1.54, 1.807) is 0 Å². The monoisotopic (exact) mass is 280 g/mol. The van der Waals surface area contributed by atoms with Crippen molar-refractivity contribution >= 4 is 11.6 Å². The summed E-state index contributed by atoms with van der Waals surface area (Å²) in [5, 5.41) is 4.48. The van der Waals surface area contributed by atoms with Crippen molar-refractivity contribution < 1.29 is 0 Å². The molecule has 0 aromatic heterocycles. The zero-order valence-electron chi connectivity index (χ0n) is 11.9. The van der Waals surface area contributed by atoms with E-state index in [-0.39, 0.29) is 0 Å². The molecule has 1 fully saturated rings. The highest BCUT2D eigenvalue weighted by Gasteiger charge is 2.13. The molecule has 1 aromatic carbocycles. The van der Waals surface area contributed by atoms with Crippen molar-refractivity contribution in [2.75, 3.05) is 20.1 Å². The van der Waals surface area contributed by atoms with E-state index in [0.29, 0.717) is 0 Å². The molecular weight excluding hydrogens is 256 g/mol. The predicted octanol–water partition coefficient (Wildman–Crippen LogP) is 3.69. The number of benzene rings is 1. The highest BCUT2D eigenvalue weighted by Crippen LogP contribution is 2.17. The van der Waals surface area contributed by atoms with Crippen LogP contribution in [0, 0.1) is 0 Å². The quantitative estimate of drug-likeness (QED) is 0.766. The fourth-order valence-electron chi connectivity index (χ4n) is 2.77. The van der Waals surface area contributed by atoms with Gasteiger partial charge in [-0.2, -0.15) is 0 Å². The average molecular weight is 281 g/mol. The van der Waals surface area contributed by atoms with Crippen LogP contribution in [0.1, 0.15) is 37.7 Å². The molecule has 0 atom stereocenters. The Morgan fingerprint density at radius 3 is 2.58 bits per heavy atom. The molecule has 1 N–H and O–H groups in total. The SMILES string of the molecule is CN(CCCNC1CCCC1)Cc1ccc(Cl)cc1. The van der Waals surface area contributed by atoms with E-state index in [1.807, 2.05) is 12.1 Å². The van der Waals surface area contributed by atoms with Crippen molar-refractivity contribution in [1.29, 1.82) is 0 Å². The van der Waals surface area contributed by atoms with Gasteiger partial charge in [0.15, 0.2) is 0 Å². The fraction of sp³-hybridized carbons (Fsp3) is 0.625. The van der Waals surface area contributed by atoms with E-state index in [0.717, 1.165) is 30.7 Å². The molecule has 0 radical (unpaired) electrons. The number of rotatable bonds is 7. The smallest absolute Gasteiger partial charge is 0.0406 e. The van der Waals surface area contributed by atoms with Crippen LogP contribution >= 0.6 is 11.6 Å². The lowest BCUT2D eigenvalue weighted by Crippen LogP contribution is -2.29. The zero-order valence-corrected chi connectivity index (χ0v) is 12.6. The second-order valence-corrected chi connectivity index (χ2v) is 6.09. The highest BCUT2D eigenvalue weighted by atomic mass is 35.5. The number of hydrogen-bond donors (Lipinski definition) is 1. The van der Waals surface area contributed by atoms with Gasteiger partial charge in [0.1, 0.15) is 0 Å². The lowest BCUT2D eigenvalue weighted by Gasteiger charge is -2.18. The number of halogens is 1. The Balaban J connectivity index is 1.58. The van der Waals surface area contributed by atoms with Gasteiger partial charge in [0.05, 0.1) is 0 Å². The molecule has 0 amide bonds. The maximum Gasteiger partial charge on any atom is 0.0406 e. The molecule has 106 valence electrons. The number of hydrogen-bond acceptors (Lipinski definition) is 2. The second kappa shape index (κ2) is 7.88. The predicted molar refractivity (Wildman–Crippen MR) is 82.7 cm³/mol. The molecule has 0 heterocycles. The third-order valence-electron chi connectivity index (χ3n) is 3.87. The third kappa shape index (κ3) is 5.52. The van der Waals surface area contributed by atoms with Crippen molar-refractivity contribution in [2.45, 2.75) is 44.7 Å². The lowest BCUT2D eigenvalue weighted by molar-refractivity contribution is 0.316. The number of nitrogens with zero attached hydrogens (tertiary/aromatic N) is 1. The summed E-state index contributed by atoms with van der Waals surface area (Å²) in [6.45, 7) is 3.29. The number of nitrogens with one attached hydrogen (secondary N) is 1. The second-order valence-electron chi connectivity index (χ2n) is 5.65. The van der Waals surface area contributed by atoms with Gasteiger partial charge in [-0.15, -0.1) is 0 Å². The molecule has 0 bridgehead atoms. The van der Waals surface area contributed by atoms with Crippen molar-refractivity contribution in [3.8, 4) is 0 Å². The van der Waals surface area contributed by atoms with Gasteiger partial charge >= 0.3 is 0 Å². The first-order valence-electron chi connectivity index (χ1n) is 7.40. The van der Waals surface area contributed by atoms with Crippen LogP contribution in [0.15, 0.2) is 24.3 Å². The van der Waals surface area contributed by atoms with Crippen molar-refractivity contribution in [3.05, 3.63) is 34.9 Å². The minimum Gasteiger partial charge on any atom is -0.314 e. The first kappa shape index (κ1) is 14.8. The van der Waals surface area contributed by atoms with Crippen LogP contribution < -0.4 is 5.32 Å². The van der Waals surface area contributed by atoms with Crippen LogP contribution in [0.5, 0.6) is 0 Å². The first-order chi connectivity index (χ1) is 9.24. The van der Waals surface area contributed by atoms with E-state index < -0.39 is 0 Å². The van der Waals surface area contributed by atoms with E-state index in [4.69, 9.17) is 11.6 Å². The molecule has 0 spiro atoms. The van der Waals surface area contributed by atoms with Gasteiger partial charge in [-0.05, 0) is 57.1 Å². The summed E-state index contributed by atoms with van der Waals surface area (Å²) in [5.74, 6) is 0. The van der Waals surface area contributed by atoms with Crippen LogP contribution in [-0.2, 0) is 6.54 Å². The van der Waals surface area contributed by atoms with Gasteiger partial charge in [-0.1, -0.05) is 36.6 Å². The van der Waals surface area contributed by atoms with E-state index in [9.17, 15) is 0 Å². The van der Waals surface area contributed by atoms with Gasteiger partial charge in [0.25, 0.3) is 0 Å². The molecule has 3 heteroatoms. The van der Waals surface area contributed by atoms with Crippen LogP contribution in [0.4, 0.5) is 0 Å². The van der Waals surface area contributed by atoms with E-state index >= 15 is 0 Å². The summed E-state index contributed by atoms with van der Waals surface area (Å²) in [6.07, 6.45) is 6.80. The Hall–Kier alpha value is -0.570. The summed E-state index contributed by atoms with van der Waals surface area (Å²) in [7, 11) is 2.18. The molecule has 1 aromatic rings. The Morgan fingerprint density at radius 1 is 1.21 bits per heavy atom. The maximum absolute atomic E-state index is 5.89. The minimum atomic E-state index is 0.793. The molecule has 0 saturated heterocycles. The van der Waals surface area contributed by atoms with Gasteiger partial charge in [0.2, 0.25) is 0 Å². The van der Waals surface area contributed by atoms with Crippen LogP contribution in [0.3, 0.4) is 0 Å². The summed E-state index contributed by atoms with van der Waals surface area (Å²) >= 11 is 5.89. The van der Waals surface area contributed by atoms with Crippen LogP contribution in [0.25, 0.3) is 0 Å². The summed E-state index contributed by atoms with van der Waals surface area (Å²) in [4.78, 5) is 2.37. The average Bonchev–Trinajstić information content (AvgIpc) is 2.91. The van der Waals surface area contributed by atoms with Crippen molar-refractivity contribution in [2.24, 2.45) is 0 Å². The van der Waals surface area contributed by atoms with Crippen LogP contribution in [-0.4, -0.2) is 31.1 Å². The maximum atomic E-state index is 5.89. The fourth-order valence-corrected chi connectivity index (χ4v) is 2.89. The van der Waals surface area contributed by atoms with Crippen LogP contribution in [0.2, 0.25) is 5.02 Å². The Labute approximate surface area is 122 Å². The topological polar surface area (TPSA) is 15.3 Å². The third-order valence-corrected chi connectivity index (χ3v) is 4.12. The van der Waals surface area contributed by atoms with Gasteiger partial charge in [-0.25, -0.2) is 0 Å². The largest absolute Gasteiger partial charge is 0.314 e. The molecular formula is C16H25ClN2. The Morgan fingerprint density at radius 2 is 1.89 bits per heavy atom. The molecule has 19 heavy (non-hydrogen) atoms. The normalized spacial score (nSPS) is 16.4. The minimum absolute atomic E-state index is 0.793.